The average molecular weight is 289 g/mol. The summed E-state index contributed by atoms with van der Waals surface area (Å²) in [7, 11) is 2.22. The lowest BCUT2D eigenvalue weighted by Gasteiger charge is -2.40. The summed E-state index contributed by atoms with van der Waals surface area (Å²) in [5, 5.41) is 3.67. The Morgan fingerprint density at radius 1 is 1.24 bits per heavy atom. The quantitative estimate of drug-likeness (QED) is 0.899. The standard InChI is InChI=1S/C18H31N3/c1-6-19-18(17-8-7-14(2)15(3)11-17)13-21-10-9-20(5)12-16(21)4/h7-8,11,16,18-19H,6,9-10,12-13H2,1-5H3. The van der Waals surface area contributed by atoms with Gasteiger partial charge >= 0.3 is 0 Å². The van der Waals surface area contributed by atoms with Crippen molar-refractivity contribution in [3.63, 3.8) is 0 Å². The molecule has 3 nitrogen and oxygen atoms in total. The van der Waals surface area contributed by atoms with E-state index in [9.17, 15) is 0 Å². The topological polar surface area (TPSA) is 18.5 Å². The van der Waals surface area contributed by atoms with Crippen LogP contribution in [0.15, 0.2) is 18.2 Å². The zero-order valence-corrected chi connectivity index (χ0v) is 14.3. The first-order valence-corrected chi connectivity index (χ1v) is 8.24. The minimum atomic E-state index is 0.431. The number of likely N-dealkylation sites (N-methyl/N-ethyl adjacent to an activating group) is 2. The maximum Gasteiger partial charge on any atom is 0.0449 e. The van der Waals surface area contributed by atoms with E-state index in [1.807, 2.05) is 0 Å². The molecule has 1 aliphatic heterocycles. The number of hydrogen-bond donors (Lipinski definition) is 1. The Morgan fingerprint density at radius 2 is 2.00 bits per heavy atom. The van der Waals surface area contributed by atoms with Crippen LogP contribution in [0.3, 0.4) is 0 Å². The lowest BCUT2D eigenvalue weighted by molar-refractivity contribution is 0.0906. The van der Waals surface area contributed by atoms with Crippen molar-refractivity contribution in [3.8, 4) is 0 Å². The van der Waals surface area contributed by atoms with Gasteiger partial charge < -0.3 is 10.2 Å². The summed E-state index contributed by atoms with van der Waals surface area (Å²) in [6.07, 6.45) is 0. The van der Waals surface area contributed by atoms with E-state index in [2.05, 4.69) is 68.1 Å². The van der Waals surface area contributed by atoms with E-state index in [1.54, 1.807) is 0 Å². The second-order valence-corrected chi connectivity index (χ2v) is 6.56. The molecule has 0 spiro atoms. The van der Waals surface area contributed by atoms with E-state index < -0.39 is 0 Å². The van der Waals surface area contributed by atoms with Crippen molar-refractivity contribution in [2.75, 3.05) is 39.8 Å². The van der Waals surface area contributed by atoms with Gasteiger partial charge in [0, 0.05) is 38.3 Å². The van der Waals surface area contributed by atoms with Gasteiger partial charge in [0.05, 0.1) is 0 Å². The molecule has 2 unspecified atom stereocenters. The van der Waals surface area contributed by atoms with Gasteiger partial charge in [-0.05, 0) is 51.1 Å². The van der Waals surface area contributed by atoms with Gasteiger partial charge in [-0.1, -0.05) is 25.1 Å². The van der Waals surface area contributed by atoms with E-state index in [0.29, 0.717) is 12.1 Å². The first-order chi connectivity index (χ1) is 10.0. The third kappa shape index (κ3) is 4.29. The van der Waals surface area contributed by atoms with Crippen molar-refractivity contribution >= 4 is 0 Å². The Balaban J connectivity index is 2.09. The fraction of sp³-hybridized carbons (Fsp3) is 0.667. The number of nitrogens with one attached hydrogen (secondary N) is 1. The highest BCUT2D eigenvalue weighted by Gasteiger charge is 2.24. The summed E-state index contributed by atoms with van der Waals surface area (Å²) in [5.74, 6) is 0. The molecule has 0 aromatic heterocycles. The SMILES string of the molecule is CCNC(CN1CCN(C)CC1C)c1ccc(C)c(C)c1. The van der Waals surface area contributed by atoms with Crippen molar-refractivity contribution in [2.45, 2.75) is 39.8 Å². The largest absolute Gasteiger partial charge is 0.309 e. The number of hydrogen-bond acceptors (Lipinski definition) is 3. The summed E-state index contributed by atoms with van der Waals surface area (Å²) in [6, 6.07) is 7.96. The molecule has 0 aliphatic carbocycles. The Hall–Kier alpha value is -0.900. The Kier molecular flexibility index (Phi) is 5.80. The number of benzene rings is 1. The van der Waals surface area contributed by atoms with E-state index in [0.717, 1.165) is 13.1 Å². The molecule has 2 rings (SSSR count). The van der Waals surface area contributed by atoms with Crippen LogP contribution in [0.4, 0.5) is 0 Å². The van der Waals surface area contributed by atoms with Gasteiger partial charge in [0.1, 0.15) is 0 Å². The Bertz CT molecular complexity index is 458. The molecule has 1 heterocycles. The molecule has 1 N–H and O–H groups in total. The summed E-state index contributed by atoms with van der Waals surface area (Å²) >= 11 is 0. The summed E-state index contributed by atoms with van der Waals surface area (Å²) in [5.41, 5.74) is 4.19. The molecule has 1 saturated heterocycles. The van der Waals surface area contributed by atoms with Crippen molar-refractivity contribution in [1.82, 2.24) is 15.1 Å². The van der Waals surface area contributed by atoms with Crippen LogP contribution < -0.4 is 5.32 Å². The highest BCUT2D eigenvalue weighted by molar-refractivity contribution is 5.32. The molecule has 0 saturated carbocycles. The maximum atomic E-state index is 3.67. The van der Waals surface area contributed by atoms with Crippen LogP contribution in [0.5, 0.6) is 0 Å². The van der Waals surface area contributed by atoms with E-state index in [-0.39, 0.29) is 0 Å². The smallest absolute Gasteiger partial charge is 0.0449 e. The molecular formula is C18H31N3. The molecule has 0 amide bonds. The fourth-order valence-electron chi connectivity index (χ4n) is 3.20. The molecular weight excluding hydrogens is 258 g/mol. The molecule has 2 atom stereocenters. The number of rotatable bonds is 5. The predicted molar refractivity (Wildman–Crippen MR) is 90.9 cm³/mol. The van der Waals surface area contributed by atoms with Gasteiger partial charge in [0.15, 0.2) is 0 Å². The predicted octanol–water partition coefficient (Wildman–Crippen LogP) is 2.59. The van der Waals surface area contributed by atoms with E-state index in [1.165, 1.54) is 36.3 Å². The van der Waals surface area contributed by atoms with Gasteiger partial charge in [0.2, 0.25) is 0 Å². The first kappa shape index (κ1) is 16.5. The van der Waals surface area contributed by atoms with Gasteiger partial charge in [-0.2, -0.15) is 0 Å². The Morgan fingerprint density at radius 3 is 2.62 bits per heavy atom. The van der Waals surface area contributed by atoms with Crippen LogP contribution in [0.25, 0.3) is 0 Å². The molecule has 3 heteroatoms. The van der Waals surface area contributed by atoms with Gasteiger partial charge in [-0.25, -0.2) is 0 Å². The van der Waals surface area contributed by atoms with Crippen LogP contribution in [0.2, 0.25) is 0 Å². The van der Waals surface area contributed by atoms with Gasteiger partial charge in [0.25, 0.3) is 0 Å². The van der Waals surface area contributed by atoms with Crippen LogP contribution >= 0.6 is 0 Å². The van der Waals surface area contributed by atoms with Crippen molar-refractivity contribution < 1.29 is 0 Å². The zero-order chi connectivity index (χ0) is 15.4. The zero-order valence-electron chi connectivity index (χ0n) is 14.3. The van der Waals surface area contributed by atoms with E-state index in [4.69, 9.17) is 0 Å². The second-order valence-electron chi connectivity index (χ2n) is 6.56. The molecule has 1 aliphatic rings. The van der Waals surface area contributed by atoms with E-state index >= 15 is 0 Å². The van der Waals surface area contributed by atoms with Crippen LogP contribution in [-0.2, 0) is 0 Å². The fourth-order valence-corrected chi connectivity index (χ4v) is 3.20. The summed E-state index contributed by atoms with van der Waals surface area (Å²) < 4.78 is 0. The highest BCUT2D eigenvalue weighted by Crippen LogP contribution is 2.20. The highest BCUT2D eigenvalue weighted by atomic mass is 15.3. The monoisotopic (exact) mass is 289 g/mol. The summed E-state index contributed by atoms with van der Waals surface area (Å²) in [4.78, 5) is 5.06. The average Bonchev–Trinajstić information content (AvgIpc) is 2.44. The lowest BCUT2D eigenvalue weighted by Crippen LogP contribution is -2.52. The number of aryl methyl sites for hydroxylation is 2. The number of nitrogens with zero attached hydrogens (tertiary/aromatic N) is 2. The maximum absolute atomic E-state index is 3.67. The normalized spacial score (nSPS) is 22.4. The molecule has 0 radical (unpaired) electrons. The van der Waals surface area contributed by atoms with Gasteiger partial charge in [-0.3, -0.25) is 4.90 Å². The third-order valence-electron chi connectivity index (χ3n) is 4.77. The molecule has 1 fully saturated rings. The molecule has 1 aromatic rings. The molecule has 118 valence electrons. The minimum absolute atomic E-state index is 0.431. The second kappa shape index (κ2) is 7.39. The Labute approximate surface area is 130 Å². The molecule has 1 aromatic carbocycles. The van der Waals surface area contributed by atoms with Crippen LogP contribution in [-0.4, -0.2) is 55.6 Å². The lowest BCUT2D eigenvalue weighted by atomic mass is 9.99. The van der Waals surface area contributed by atoms with Crippen molar-refractivity contribution in [3.05, 3.63) is 34.9 Å². The number of piperazine rings is 1. The van der Waals surface area contributed by atoms with Crippen LogP contribution in [0, 0.1) is 13.8 Å². The van der Waals surface area contributed by atoms with Crippen molar-refractivity contribution in [2.24, 2.45) is 0 Å². The molecule has 0 bridgehead atoms. The molecule has 21 heavy (non-hydrogen) atoms. The first-order valence-electron chi connectivity index (χ1n) is 8.24. The van der Waals surface area contributed by atoms with Crippen molar-refractivity contribution in [1.29, 1.82) is 0 Å². The minimum Gasteiger partial charge on any atom is -0.309 e. The van der Waals surface area contributed by atoms with Gasteiger partial charge in [-0.15, -0.1) is 0 Å². The van der Waals surface area contributed by atoms with Crippen LogP contribution in [0.1, 0.15) is 36.6 Å². The summed E-state index contributed by atoms with van der Waals surface area (Å²) in [6.45, 7) is 14.6. The third-order valence-corrected chi connectivity index (χ3v) is 4.77.